The second-order valence-corrected chi connectivity index (χ2v) is 4.99. The second kappa shape index (κ2) is 6.61. The first-order valence-electron chi connectivity index (χ1n) is 7.12. The highest BCUT2D eigenvalue weighted by atomic mass is 16.5. The molecular weight excluding hydrogens is 254 g/mol. The highest BCUT2D eigenvalue weighted by molar-refractivity contribution is 5.85. The number of hydrogen-bond acceptors (Lipinski definition) is 4. The summed E-state index contributed by atoms with van der Waals surface area (Å²) in [5.74, 6) is 0.159. The van der Waals surface area contributed by atoms with E-state index in [0.29, 0.717) is 26.3 Å². The van der Waals surface area contributed by atoms with Gasteiger partial charge in [0.25, 0.3) is 0 Å². The van der Waals surface area contributed by atoms with Crippen molar-refractivity contribution in [3.63, 3.8) is 0 Å². The Balaban J connectivity index is 2.09. The van der Waals surface area contributed by atoms with E-state index >= 15 is 0 Å². The molecule has 1 aliphatic rings. The van der Waals surface area contributed by atoms with Gasteiger partial charge in [-0.3, -0.25) is 4.79 Å². The van der Waals surface area contributed by atoms with Crippen molar-refractivity contribution in [2.75, 3.05) is 43.5 Å². The Morgan fingerprint density at radius 3 is 2.50 bits per heavy atom. The monoisotopic (exact) mass is 277 g/mol. The summed E-state index contributed by atoms with van der Waals surface area (Å²) < 4.78 is 5.29. The van der Waals surface area contributed by atoms with E-state index in [2.05, 4.69) is 11.8 Å². The van der Waals surface area contributed by atoms with E-state index < -0.39 is 0 Å². The average molecular weight is 277 g/mol. The predicted octanol–water partition coefficient (Wildman–Crippen LogP) is 1.34. The van der Waals surface area contributed by atoms with Crippen LogP contribution in [0.5, 0.6) is 0 Å². The molecular formula is C15H23N3O2. The molecule has 5 nitrogen and oxygen atoms in total. The van der Waals surface area contributed by atoms with Gasteiger partial charge in [0.2, 0.25) is 5.91 Å². The zero-order valence-electron chi connectivity index (χ0n) is 12.2. The summed E-state index contributed by atoms with van der Waals surface area (Å²) in [7, 11) is 0. The number of benzene rings is 1. The molecule has 1 amide bonds. The number of carbonyl (C=O) groups excluding carboxylic acids is 1. The zero-order chi connectivity index (χ0) is 14.5. The number of ether oxygens (including phenoxy) is 1. The van der Waals surface area contributed by atoms with Gasteiger partial charge in [0.15, 0.2) is 0 Å². The summed E-state index contributed by atoms with van der Waals surface area (Å²) in [6.07, 6.45) is 0. The van der Waals surface area contributed by atoms with Gasteiger partial charge in [-0.15, -0.1) is 0 Å². The van der Waals surface area contributed by atoms with E-state index in [-0.39, 0.29) is 11.9 Å². The molecule has 20 heavy (non-hydrogen) atoms. The van der Waals surface area contributed by atoms with Crippen molar-refractivity contribution in [1.29, 1.82) is 0 Å². The quantitative estimate of drug-likeness (QED) is 0.844. The lowest BCUT2D eigenvalue weighted by Gasteiger charge is -2.35. The lowest BCUT2D eigenvalue weighted by Crippen LogP contribution is -2.50. The van der Waals surface area contributed by atoms with E-state index in [9.17, 15) is 4.79 Å². The summed E-state index contributed by atoms with van der Waals surface area (Å²) in [5, 5.41) is 0. The molecule has 1 unspecified atom stereocenters. The Kier molecular flexibility index (Phi) is 4.84. The normalized spacial score (nSPS) is 16.8. The molecule has 0 radical (unpaired) electrons. The van der Waals surface area contributed by atoms with Crippen molar-refractivity contribution in [2.45, 2.75) is 19.9 Å². The van der Waals surface area contributed by atoms with Crippen LogP contribution in [0, 0.1) is 0 Å². The fourth-order valence-corrected chi connectivity index (χ4v) is 2.53. The third-order valence-corrected chi connectivity index (χ3v) is 3.71. The highest BCUT2D eigenvalue weighted by Gasteiger charge is 2.26. The number of likely N-dealkylation sites (N-methyl/N-ethyl adjacent to an activating group) is 1. The first-order chi connectivity index (χ1) is 9.63. The van der Waals surface area contributed by atoms with Crippen molar-refractivity contribution >= 4 is 17.3 Å². The van der Waals surface area contributed by atoms with Crippen molar-refractivity contribution < 1.29 is 9.53 Å². The Bertz CT molecular complexity index is 441. The molecule has 0 bridgehead atoms. The Morgan fingerprint density at radius 1 is 1.35 bits per heavy atom. The smallest absolute Gasteiger partial charge is 0.245 e. The van der Waals surface area contributed by atoms with Gasteiger partial charge in [0.1, 0.15) is 6.04 Å². The number of nitrogens with two attached hydrogens (primary N) is 1. The van der Waals surface area contributed by atoms with Crippen LogP contribution in [-0.4, -0.2) is 49.7 Å². The molecule has 0 aromatic heterocycles. The zero-order valence-corrected chi connectivity index (χ0v) is 12.2. The lowest BCUT2D eigenvalue weighted by molar-refractivity contribution is -0.136. The van der Waals surface area contributed by atoms with Gasteiger partial charge in [0.05, 0.1) is 13.2 Å². The molecule has 110 valence electrons. The van der Waals surface area contributed by atoms with Gasteiger partial charge in [-0.25, -0.2) is 0 Å². The maximum absolute atomic E-state index is 12.5. The van der Waals surface area contributed by atoms with Crippen LogP contribution in [0.4, 0.5) is 11.4 Å². The maximum Gasteiger partial charge on any atom is 0.245 e. The maximum atomic E-state index is 12.5. The van der Waals surface area contributed by atoms with Crippen LogP contribution in [0.1, 0.15) is 13.8 Å². The molecule has 2 N–H and O–H groups in total. The van der Waals surface area contributed by atoms with E-state index in [1.807, 2.05) is 36.1 Å². The third-order valence-electron chi connectivity index (χ3n) is 3.71. The number of hydrogen-bond donors (Lipinski definition) is 1. The van der Waals surface area contributed by atoms with E-state index in [0.717, 1.165) is 17.9 Å². The molecule has 5 heteroatoms. The number of rotatable bonds is 4. The molecule has 2 rings (SSSR count). The second-order valence-electron chi connectivity index (χ2n) is 4.99. The molecule has 1 aliphatic heterocycles. The Hall–Kier alpha value is -1.75. The highest BCUT2D eigenvalue weighted by Crippen LogP contribution is 2.19. The first kappa shape index (κ1) is 14.7. The number of morpholine rings is 1. The summed E-state index contributed by atoms with van der Waals surface area (Å²) >= 11 is 0. The summed E-state index contributed by atoms with van der Waals surface area (Å²) in [6.45, 7) is 7.42. The predicted molar refractivity (Wildman–Crippen MR) is 80.7 cm³/mol. The minimum atomic E-state index is -0.179. The Labute approximate surface area is 120 Å². The van der Waals surface area contributed by atoms with E-state index in [1.54, 1.807) is 0 Å². The van der Waals surface area contributed by atoms with Crippen LogP contribution < -0.4 is 10.6 Å². The van der Waals surface area contributed by atoms with Crippen LogP contribution in [0.3, 0.4) is 0 Å². The largest absolute Gasteiger partial charge is 0.399 e. The van der Waals surface area contributed by atoms with Crippen LogP contribution in [0.15, 0.2) is 24.3 Å². The minimum absolute atomic E-state index is 0.159. The number of nitrogen functional groups attached to an aromatic ring is 1. The fraction of sp³-hybridized carbons (Fsp3) is 0.533. The van der Waals surface area contributed by atoms with Crippen LogP contribution >= 0.6 is 0 Å². The lowest BCUT2D eigenvalue weighted by atomic mass is 10.2. The number of amides is 1. The molecule has 0 spiro atoms. The number of anilines is 2. The summed E-state index contributed by atoms with van der Waals surface area (Å²) in [6, 6.07) is 7.47. The van der Waals surface area contributed by atoms with E-state index in [4.69, 9.17) is 10.5 Å². The van der Waals surface area contributed by atoms with Crippen molar-refractivity contribution in [3.8, 4) is 0 Å². The van der Waals surface area contributed by atoms with Gasteiger partial charge in [-0.1, -0.05) is 0 Å². The molecule has 1 saturated heterocycles. The fourth-order valence-electron chi connectivity index (χ4n) is 2.53. The standard InChI is InChI=1S/C15H23N3O2/c1-3-18(14-6-4-13(16)5-7-14)12(2)15(19)17-8-10-20-11-9-17/h4-7,12H,3,8-11,16H2,1-2H3. The molecule has 0 aliphatic carbocycles. The van der Waals surface area contributed by atoms with E-state index in [1.165, 1.54) is 0 Å². The third kappa shape index (κ3) is 3.22. The summed E-state index contributed by atoms with van der Waals surface area (Å²) in [5.41, 5.74) is 7.47. The van der Waals surface area contributed by atoms with Gasteiger partial charge in [-0.05, 0) is 38.1 Å². The first-order valence-corrected chi connectivity index (χ1v) is 7.12. The average Bonchev–Trinajstić information content (AvgIpc) is 2.50. The van der Waals surface area contributed by atoms with Crippen LogP contribution in [0.2, 0.25) is 0 Å². The van der Waals surface area contributed by atoms with Gasteiger partial charge in [0, 0.05) is 31.0 Å². The van der Waals surface area contributed by atoms with Gasteiger partial charge >= 0.3 is 0 Å². The topological polar surface area (TPSA) is 58.8 Å². The summed E-state index contributed by atoms with van der Waals surface area (Å²) in [4.78, 5) is 16.5. The number of carbonyl (C=O) groups is 1. The van der Waals surface area contributed by atoms with Crippen molar-refractivity contribution in [3.05, 3.63) is 24.3 Å². The molecule has 1 aromatic rings. The molecule has 0 saturated carbocycles. The number of nitrogens with zero attached hydrogens (tertiary/aromatic N) is 2. The molecule has 1 heterocycles. The SMILES string of the molecule is CCN(c1ccc(N)cc1)C(C)C(=O)N1CCOCC1. The molecule has 1 atom stereocenters. The molecule has 1 fully saturated rings. The molecule has 1 aromatic carbocycles. The minimum Gasteiger partial charge on any atom is -0.399 e. The van der Waals surface area contributed by atoms with Gasteiger partial charge < -0.3 is 20.3 Å². The van der Waals surface area contributed by atoms with Crippen molar-refractivity contribution in [1.82, 2.24) is 4.90 Å². The van der Waals surface area contributed by atoms with Crippen molar-refractivity contribution in [2.24, 2.45) is 0 Å². The van der Waals surface area contributed by atoms with Crippen LogP contribution in [0.25, 0.3) is 0 Å². The van der Waals surface area contributed by atoms with Gasteiger partial charge in [-0.2, -0.15) is 0 Å². The Morgan fingerprint density at radius 2 is 1.95 bits per heavy atom. The van der Waals surface area contributed by atoms with Crippen LogP contribution in [-0.2, 0) is 9.53 Å².